The number of hydrogen-bond donors (Lipinski definition) is 2. The van der Waals surface area contributed by atoms with Gasteiger partial charge < -0.3 is 14.2 Å². The standard InChI is InChI=1S/C30H30N2O8S2/c1-5-39-29-19-23(11-17-28(29)32-42(36,37)25-14-8-21(3)9-15-25)40-22-10-16-27(26(18-22)30(33)38-4)31-41(34,35)24-12-6-20(2)7-13-24/h6-19,31-32H,5H2,1-4H3. The molecule has 0 aromatic heterocycles. The first-order valence-electron chi connectivity index (χ1n) is 12.8. The lowest BCUT2D eigenvalue weighted by Crippen LogP contribution is -2.16. The number of rotatable bonds is 11. The van der Waals surface area contributed by atoms with Crippen LogP contribution in [0.5, 0.6) is 17.2 Å². The second kappa shape index (κ2) is 12.5. The highest BCUT2D eigenvalue weighted by Gasteiger charge is 2.21. The van der Waals surface area contributed by atoms with Crippen LogP contribution in [-0.2, 0) is 24.8 Å². The molecule has 0 heterocycles. The predicted octanol–water partition coefficient (Wildman–Crippen LogP) is 5.88. The van der Waals surface area contributed by atoms with Gasteiger partial charge in [0.1, 0.15) is 17.2 Å². The van der Waals surface area contributed by atoms with Crippen molar-refractivity contribution in [1.29, 1.82) is 0 Å². The summed E-state index contributed by atoms with van der Waals surface area (Å²) in [4.78, 5) is 12.7. The van der Waals surface area contributed by atoms with E-state index in [-0.39, 0.29) is 50.6 Å². The molecule has 0 fully saturated rings. The molecule has 0 saturated heterocycles. The van der Waals surface area contributed by atoms with Gasteiger partial charge in [0.15, 0.2) is 0 Å². The molecule has 0 saturated carbocycles. The Morgan fingerprint density at radius 3 is 1.67 bits per heavy atom. The third kappa shape index (κ3) is 7.20. The molecule has 42 heavy (non-hydrogen) atoms. The Kier molecular flexibility index (Phi) is 9.08. The van der Waals surface area contributed by atoms with Crippen LogP contribution in [0.25, 0.3) is 0 Å². The second-order valence-corrected chi connectivity index (χ2v) is 12.6. The molecule has 0 unspecified atom stereocenters. The molecule has 4 rings (SSSR count). The molecule has 0 bridgehead atoms. The third-order valence-corrected chi connectivity index (χ3v) is 8.80. The van der Waals surface area contributed by atoms with Crippen LogP contribution in [0.3, 0.4) is 0 Å². The van der Waals surface area contributed by atoms with Gasteiger partial charge in [0.05, 0.1) is 40.4 Å². The fourth-order valence-electron chi connectivity index (χ4n) is 3.86. The van der Waals surface area contributed by atoms with E-state index in [1.165, 1.54) is 67.8 Å². The zero-order valence-corrected chi connectivity index (χ0v) is 25.0. The lowest BCUT2D eigenvalue weighted by Gasteiger charge is -2.16. The van der Waals surface area contributed by atoms with Gasteiger partial charge in [-0.3, -0.25) is 9.44 Å². The largest absolute Gasteiger partial charge is 0.492 e. The zero-order valence-electron chi connectivity index (χ0n) is 23.4. The van der Waals surface area contributed by atoms with E-state index in [0.29, 0.717) is 0 Å². The van der Waals surface area contributed by atoms with Crippen molar-refractivity contribution in [2.45, 2.75) is 30.6 Å². The first kappa shape index (κ1) is 30.4. The molecule has 0 atom stereocenters. The number of benzene rings is 4. The van der Waals surface area contributed by atoms with Crippen molar-refractivity contribution in [3.05, 3.63) is 102 Å². The van der Waals surface area contributed by atoms with E-state index in [2.05, 4.69) is 9.44 Å². The van der Waals surface area contributed by atoms with Gasteiger partial charge in [-0.05, 0) is 75.4 Å². The molecular formula is C30H30N2O8S2. The topological polar surface area (TPSA) is 137 Å². The number of carbonyl (C=O) groups is 1. The highest BCUT2D eigenvalue weighted by atomic mass is 32.2. The van der Waals surface area contributed by atoms with Crippen molar-refractivity contribution in [2.24, 2.45) is 0 Å². The van der Waals surface area contributed by atoms with E-state index in [9.17, 15) is 21.6 Å². The average molecular weight is 611 g/mol. The first-order chi connectivity index (χ1) is 19.9. The molecule has 2 N–H and O–H groups in total. The van der Waals surface area contributed by atoms with Crippen molar-refractivity contribution < 1.29 is 35.8 Å². The second-order valence-electron chi connectivity index (χ2n) is 9.23. The average Bonchev–Trinajstić information content (AvgIpc) is 2.95. The molecule has 0 amide bonds. The zero-order chi connectivity index (χ0) is 30.5. The quantitative estimate of drug-likeness (QED) is 0.201. The van der Waals surface area contributed by atoms with E-state index in [1.54, 1.807) is 31.2 Å². The maximum atomic E-state index is 12.9. The predicted molar refractivity (Wildman–Crippen MR) is 159 cm³/mol. The Hall–Kier alpha value is -4.55. The summed E-state index contributed by atoms with van der Waals surface area (Å²) in [6.45, 7) is 5.71. The Bertz CT molecular complexity index is 1800. The van der Waals surface area contributed by atoms with Crippen molar-refractivity contribution in [1.82, 2.24) is 0 Å². The van der Waals surface area contributed by atoms with Crippen molar-refractivity contribution in [3.8, 4) is 17.2 Å². The first-order valence-corrected chi connectivity index (χ1v) is 15.7. The Morgan fingerprint density at radius 2 is 1.17 bits per heavy atom. The van der Waals surface area contributed by atoms with Crippen LogP contribution in [0.1, 0.15) is 28.4 Å². The summed E-state index contributed by atoms with van der Waals surface area (Å²) in [5, 5.41) is 0. The number of carbonyl (C=O) groups excluding carboxylic acids is 1. The number of ether oxygens (including phenoxy) is 3. The van der Waals surface area contributed by atoms with E-state index < -0.39 is 26.0 Å². The SMILES string of the molecule is CCOc1cc(Oc2ccc(NS(=O)(=O)c3ccc(C)cc3)c(C(=O)OC)c2)ccc1NS(=O)(=O)c1ccc(C)cc1. The van der Waals surface area contributed by atoms with Gasteiger partial charge in [-0.1, -0.05) is 35.4 Å². The summed E-state index contributed by atoms with van der Waals surface area (Å²) in [6.07, 6.45) is 0. The maximum Gasteiger partial charge on any atom is 0.340 e. The van der Waals surface area contributed by atoms with Crippen LogP contribution in [0.4, 0.5) is 11.4 Å². The van der Waals surface area contributed by atoms with Crippen LogP contribution in [0.2, 0.25) is 0 Å². The number of nitrogens with one attached hydrogen (secondary N) is 2. The molecule has 4 aromatic carbocycles. The maximum absolute atomic E-state index is 12.9. The minimum atomic E-state index is -3.99. The number of sulfonamides is 2. The van der Waals surface area contributed by atoms with Crippen LogP contribution in [0, 0.1) is 13.8 Å². The van der Waals surface area contributed by atoms with Crippen LogP contribution < -0.4 is 18.9 Å². The molecule has 0 spiro atoms. The summed E-state index contributed by atoms with van der Waals surface area (Å²) in [5.41, 5.74) is 1.97. The van der Waals surface area contributed by atoms with Crippen LogP contribution in [-0.4, -0.2) is 36.5 Å². The monoisotopic (exact) mass is 610 g/mol. The number of hydrogen-bond acceptors (Lipinski definition) is 8. The minimum absolute atomic E-state index is 0.00522. The van der Waals surface area contributed by atoms with Gasteiger partial charge in [0.25, 0.3) is 20.0 Å². The summed E-state index contributed by atoms with van der Waals surface area (Å²) < 4.78 is 73.1. The molecule has 10 nitrogen and oxygen atoms in total. The number of anilines is 2. The number of esters is 1. The molecular weight excluding hydrogens is 580 g/mol. The third-order valence-electron chi connectivity index (χ3n) is 6.04. The van der Waals surface area contributed by atoms with E-state index in [0.717, 1.165) is 11.1 Å². The van der Waals surface area contributed by atoms with Gasteiger partial charge in [-0.15, -0.1) is 0 Å². The van der Waals surface area contributed by atoms with Crippen LogP contribution >= 0.6 is 0 Å². The minimum Gasteiger partial charge on any atom is -0.492 e. The lowest BCUT2D eigenvalue weighted by molar-refractivity contribution is 0.0601. The fraction of sp³-hybridized carbons (Fsp3) is 0.167. The molecule has 0 aliphatic rings. The highest BCUT2D eigenvalue weighted by molar-refractivity contribution is 7.93. The van der Waals surface area contributed by atoms with Crippen molar-refractivity contribution in [3.63, 3.8) is 0 Å². The Balaban J connectivity index is 1.60. The Morgan fingerprint density at radius 1 is 0.690 bits per heavy atom. The van der Waals surface area contributed by atoms with Gasteiger partial charge in [0, 0.05) is 6.07 Å². The number of methoxy groups -OCH3 is 1. The van der Waals surface area contributed by atoms with Gasteiger partial charge in [0.2, 0.25) is 0 Å². The molecule has 12 heteroatoms. The fourth-order valence-corrected chi connectivity index (χ4v) is 6.01. The molecule has 0 aliphatic carbocycles. The molecule has 4 aromatic rings. The summed E-state index contributed by atoms with van der Waals surface area (Å²) in [6, 6.07) is 21.4. The van der Waals surface area contributed by atoms with Crippen LogP contribution in [0.15, 0.2) is 94.7 Å². The van der Waals surface area contributed by atoms with Crippen molar-refractivity contribution in [2.75, 3.05) is 23.2 Å². The normalized spacial score (nSPS) is 11.4. The molecule has 0 aliphatic heterocycles. The smallest absolute Gasteiger partial charge is 0.340 e. The van der Waals surface area contributed by atoms with E-state index in [1.807, 2.05) is 13.8 Å². The van der Waals surface area contributed by atoms with E-state index in [4.69, 9.17) is 14.2 Å². The van der Waals surface area contributed by atoms with E-state index >= 15 is 0 Å². The highest BCUT2D eigenvalue weighted by Crippen LogP contribution is 2.35. The summed E-state index contributed by atoms with van der Waals surface area (Å²) in [5.74, 6) is -0.0797. The summed E-state index contributed by atoms with van der Waals surface area (Å²) in [7, 11) is -6.69. The molecule has 220 valence electrons. The van der Waals surface area contributed by atoms with Gasteiger partial charge >= 0.3 is 5.97 Å². The van der Waals surface area contributed by atoms with Gasteiger partial charge in [-0.2, -0.15) is 0 Å². The molecule has 0 radical (unpaired) electrons. The van der Waals surface area contributed by atoms with Crippen molar-refractivity contribution >= 4 is 37.4 Å². The van der Waals surface area contributed by atoms with Gasteiger partial charge in [-0.25, -0.2) is 21.6 Å². The number of aryl methyl sites for hydroxylation is 2. The Labute approximate surface area is 245 Å². The lowest BCUT2D eigenvalue weighted by atomic mass is 10.1. The summed E-state index contributed by atoms with van der Waals surface area (Å²) >= 11 is 0.